The van der Waals surface area contributed by atoms with Gasteiger partial charge in [0.2, 0.25) is 11.8 Å². The second kappa shape index (κ2) is 5.92. The number of rotatable bonds is 4. The molecule has 0 aliphatic rings. The minimum atomic E-state index is -1.01. The van der Waals surface area contributed by atoms with Crippen LogP contribution in [-0.4, -0.2) is 17.9 Å². The van der Waals surface area contributed by atoms with Crippen LogP contribution < -0.4 is 16.8 Å². The molecule has 1 aromatic carbocycles. The van der Waals surface area contributed by atoms with Crippen molar-refractivity contribution in [3.05, 3.63) is 27.6 Å². The summed E-state index contributed by atoms with van der Waals surface area (Å²) in [5.74, 6) is -1.58. The molecule has 0 bridgehead atoms. The van der Waals surface area contributed by atoms with Crippen molar-refractivity contribution in [1.82, 2.24) is 0 Å². The van der Waals surface area contributed by atoms with Crippen molar-refractivity contribution in [2.75, 3.05) is 5.32 Å². The van der Waals surface area contributed by atoms with Gasteiger partial charge < -0.3 is 16.8 Å². The van der Waals surface area contributed by atoms with Crippen molar-refractivity contribution in [2.45, 2.75) is 12.5 Å². The van der Waals surface area contributed by atoms with E-state index in [2.05, 4.69) is 5.32 Å². The number of benzene rings is 1. The number of nitrogens with one attached hydrogen (secondary N) is 1. The fourth-order valence-corrected chi connectivity index (χ4v) is 1.74. The summed E-state index contributed by atoms with van der Waals surface area (Å²) in [6, 6.07) is 2.91. The number of amides is 2. The Morgan fingerprint density at radius 1 is 1.47 bits per heavy atom. The number of nitrogens with two attached hydrogens (primary N) is 2. The Morgan fingerprint density at radius 3 is 2.65 bits per heavy atom. The number of hydrogen-bond donors (Lipinski definition) is 3. The highest BCUT2D eigenvalue weighted by Crippen LogP contribution is 2.19. The predicted octanol–water partition coefficient (Wildman–Crippen LogP) is 0.571. The number of primary amides is 1. The summed E-state index contributed by atoms with van der Waals surface area (Å²) >= 11 is 1.88. The third-order valence-corrected chi connectivity index (χ3v) is 2.84. The van der Waals surface area contributed by atoms with Gasteiger partial charge in [-0.2, -0.15) is 0 Å². The lowest BCUT2D eigenvalue weighted by molar-refractivity contribution is -0.123. The first-order chi connectivity index (χ1) is 7.90. The summed E-state index contributed by atoms with van der Waals surface area (Å²) < 4.78 is 13.4. The molecule has 1 unspecified atom stereocenters. The van der Waals surface area contributed by atoms with E-state index < -0.39 is 23.7 Å². The molecular formula is C10H11FIN3O2. The standard InChI is InChI=1S/C10H11FIN3O2/c11-5-1-2-8(6(12)3-5)15-10(17)7(13)4-9(14)16/h1-3,7H,4,13H2,(H2,14,16)(H,15,17). The molecule has 5 nitrogen and oxygen atoms in total. The van der Waals surface area contributed by atoms with Crippen LogP contribution in [-0.2, 0) is 9.59 Å². The lowest BCUT2D eigenvalue weighted by atomic mass is 10.2. The zero-order valence-corrected chi connectivity index (χ0v) is 10.9. The van der Waals surface area contributed by atoms with E-state index in [9.17, 15) is 14.0 Å². The van der Waals surface area contributed by atoms with Crippen LogP contribution in [0.2, 0.25) is 0 Å². The first-order valence-electron chi connectivity index (χ1n) is 4.70. The van der Waals surface area contributed by atoms with E-state index in [0.29, 0.717) is 9.26 Å². The van der Waals surface area contributed by atoms with Gasteiger partial charge in [0.25, 0.3) is 0 Å². The SMILES string of the molecule is NC(=O)CC(N)C(=O)Nc1ccc(F)cc1I. The first kappa shape index (κ1) is 13.8. The normalized spacial score (nSPS) is 11.9. The molecule has 17 heavy (non-hydrogen) atoms. The summed E-state index contributed by atoms with van der Waals surface area (Å²) in [4.78, 5) is 22.1. The van der Waals surface area contributed by atoms with Crippen LogP contribution in [0.1, 0.15) is 6.42 Å². The molecule has 5 N–H and O–H groups in total. The fourth-order valence-electron chi connectivity index (χ4n) is 1.13. The lowest BCUT2D eigenvalue weighted by Crippen LogP contribution is -2.39. The Labute approximate surface area is 111 Å². The topological polar surface area (TPSA) is 98.2 Å². The van der Waals surface area contributed by atoms with Crippen LogP contribution in [0.5, 0.6) is 0 Å². The van der Waals surface area contributed by atoms with Crippen LogP contribution in [0.4, 0.5) is 10.1 Å². The summed E-state index contributed by atoms with van der Waals surface area (Å²) in [7, 11) is 0. The molecule has 0 saturated heterocycles. The van der Waals surface area contributed by atoms with Crippen LogP contribution in [0, 0.1) is 9.39 Å². The van der Waals surface area contributed by atoms with Gasteiger partial charge in [-0.1, -0.05) is 0 Å². The van der Waals surface area contributed by atoms with Gasteiger partial charge in [0.15, 0.2) is 0 Å². The van der Waals surface area contributed by atoms with Crippen molar-refractivity contribution < 1.29 is 14.0 Å². The quantitative estimate of drug-likeness (QED) is 0.692. The monoisotopic (exact) mass is 351 g/mol. The van der Waals surface area contributed by atoms with Crippen LogP contribution in [0.25, 0.3) is 0 Å². The molecule has 0 fully saturated rings. The molecule has 0 aliphatic carbocycles. The Bertz CT molecular complexity index is 453. The van der Waals surface area contributed by atoms with E-state index in [1.807, 2.05) is 22.6 Å². The molecule has 0 radical (unpaired) electrons. The van der Waals surface area contributed by atoms with E-state index >= 15 is 0 Å². The van der Waals surface area contributed by atoms with E-state index in [1.165, 1.54) is 18.2 Å². The van der Waals surface area contributed by atoms with Gasteiger partial charge in [-0.3, -0.25) is 9.59 Å². The molecule has 7 heteroatoms. The second-order valence-corrected chi connectivity index (χ2v) is 4.55. The number of carbonyl (C=O) groups is 2. The van der Waals surface area contributed by atoms with Gasteiger partial charge in [-0.25, -0.2) is 4.39 Å². The largest absolute Gasteiger partial charge is 0.370 e. The predicted molar refractivity (Wildman–Crippen MR) is 69.5 cm³/mol. The second-order valence-electron chi connectivity index (χ2n) is 3.39. The van der Waals surface area contributed by atoms with Crippen LogP contribution >= 0.6 is 22.6 Å². The minimum absolute atomic E-state index is 0.233. The number of carbonyl (C=O) groups excluding carboxylic acids is 2. The third kappa shape index (κ3) is 4.27. The van der Waals surface area contributed by atoms with Crippen molar-refractivity contribution in [3.8, 4) is 0 Å². The van der Waals surface area contributed by atoms with Gasteiger partial charge in [0.1, 0.15) is 5.82 Å². The molecule has 1 aromatic rings. The number of hydrogen-bond acceptors (Lipinski definition) is 3. The Balaban J connectivity index is 2.71. The maximum Gasteiger partial charge on any atom is 0.241 e. The Kier molecular flexibility index (Phi) is 4.82. The van der Waals surface area contributed by atoms with Crippen molar-refractivity contribution >= 4 is 40.1 Å². The summed E-state index contributed by atoms with van der Waals surface area (Å²) in [5.41, 5.74) is 10.8. The molecule has 1 rings (SSSR count). The number of anilines is 1. The van der Waals surface area contributed by atoms with Gasteiger partial charge in [-0.05, 0) is 40.8 Å². The molecule has 0 aromatic heterocycles. The van der Waals surface area contributed by atoms with Gasteiger partial charge >= 0.3 is 0 Å². The molecular weight excluding hydrogens is 340 g/mol. The van der Waals surface area contributed by atoms with Crippen molar-refractivity contribution in [2.24, 2.45) is 11.5 Å². The Hall–Kier alpha value is -1.22. The van der Waals surface area contributed by atoms with Gasteiger partial charge in [0, 0.05) is 3.57 Å². The highest BCUT2D eigenvalue weighted by molar-refractivity contribution is 14.1. The first-order valence-corrected chi connectivity index (χ1v) is 5.78. The van der Waals surface area contributed by atoms with Gasteiger partial charge in [-0.15, -0.1) is 0 Å². The maximum atomic E-state index is 12.8. The summed E-state index contributed by atoms with van der Waals surface area (Å²) in [6.45, 7) is 0. The smallest absolute Gasteiger partial charge is 0.241 e. The summed E-state index contributed by atoms with van der Waals surface area (Å²) in [6.07, 6.45) is -0.233. The van der Waals surface area contributed by atoms with E-state index in [-0.39, 0.29) is 6.42 Å². The maximum absolute atomic E-state index is 12.8. The van der Waals surface area contributed by atoms with Crippen LogP contribution in [0.15, 0.2) is 18.2 Å². The zero-order chi connectivity index (χ0) is 13.0. The Morgan fingerprint density at radius 2 is 2.12 bits per heavy atom. The molecule has 1 atom stereocenters. The van der Waals surface area contributed by atoms with E-state index in [0.717, 1.165) is 0 Å². The average Bonchev–Trinajstić information content (AvgIpc) is 2.21. The lowest BCUT2D eigenvalue weighted by Gasteiger charge is -2.11. The van der Waals surface area contributed by atoms with E-state index in [4.69, 9.17) is 11.5 Å². The zero-order valence-electron chi connectivity index (χ0n) is 8.74. The molecule has 92 valence electrons. The highest BCUT2D eigenvalue weighted by Gasteiger charge is 2.16. The molecule has 2 amide bonds. The van der Waals surface area contributed by atoms with Crippen LogP contribution in [0.3, 0.4) is 0 Å². The van der Waals surface area contributed by atoms with Crippen molar-refractivity contribution in [1.29, 1.82) is 0 Å². The average molecular weight is 351 g/mol. The van der Waals surface area contributed by atoms with Crippen molar-refractivity contribution in [3.63, 3.8) is 0 Å². The fraction of sp³-hybridized carbons (Fsp3) is 0.200. The highest BCUT2D eigenvalue weighted by atomic mass is 127. The van der Waals surface area contributed by atoms with E-state index in [1.54, 1.807) is 0 Å². The molecule has 0 heterocycles. The molecule has 0 aliphatic heterocycles. The number of halogens is 2. The summed E-state index contributed by atoms with van der Waals surface area (Å²) in [5, 5.41) is 2.50. The minimum Gasteiger partial charge on any atom is -0.370 e. The van der Waals surface area contributed by atoms with Gasteiger partial charge in [0.05, 0.1) is 18.2 Å². The third-order valence-electron chi connectivity index (χ3n) is 1.95. The molecule has 0 saturated carbocycles. The molecule has 0 spiro atoms.